The Morgan fingerprint density at radius 2 is 1.76 bits per heavy atom. The lowest BCUT2D eigenvalue weighted by atomic mass is 9.95. The Morgan fingerprint density at radius 3 is 2.37 bits per heavy atom. The van der Waals surface area contributed by atoms with Crippen molar-refractivity contribution in [3.8, 4) is 11.5 Å². The van der Waals surface area contributed by atoms with Gasteiger partial charge in [0.2, 0.25) is 5.78 Å². The van der Waals surface area contributed by atoms with Crippen LogP contribution in [0.25, 0.3) is 0 Å². The molecule has 41 heavy (non-hydrogen) atoms. The quantitative estimate of drug-likeness (QED) is 0.211. The van der Waals surface area contributed by atoms with E-state index < -0.39 is 29.5 Å². The van der Waals surface area contributed by atoms with Crippen molar-refractivity contribution in [2.75, 3.05) is 25.2 Å². The molecule has 4 rings (SSSR count). The van der Waals surface area contributed by atoms with Crippen LogP contribution < -0.4 is 14.4 Å². The van der Waals surface area contributed by atoms with E-state index in [2.05, 4.69) is 23.8 Å². The molecule has 0 fully saturated rings. The standard InChI is InChI=1S/C29H33N3O7S2/c1-8-38-20-13-18(9-10-19(20)39-12-11-14(2)3)22-21(23(33)25-15(4)30-17(6)40-25)24(34)27(35)32(22)29-31-16(5)26(41-29)28(36)37-7/h9-10,13-14,22,34H,8,11-12H2,1-7H3. The van der Waals surface area contributed by atoms with E-state index in [1.165, 1.54) is 23.3 Å². The number of hydrogen-bond donors (Lipinski definition) is 1. The summed E-state index contributed by atoms with van der Waals surface area (Å²) in [5.41, 5.74) is 1.26. The second-order valence-electron chi connectivity index (χ2n) is 9.89. The zero-order valence-corrected chi connectivity index (χ0v) is 25.7. The van der Waals surface area contributed by atoms with Crippen molar-refractivity contribution in [2.45, 2.75) is 54.0 Å². The Hall–Kier alpha value is -3.77. The highest BCUT2D eigenvalue weighted by atomic mass is 32.1. The van der Waals surface area contributed by atoms with Crippen LogP contribution in [-0.2, 0) is 9.53 Å². The molecule has 1 aromatic carbocycles. The number of aliphatic hydroxyl groups excluding tert-OH is 1. The minimum absolute atomic E-state index is 0.106. The van der Waals surface area contributed by atoms with Crippen molar-refractivity contribution in [1.82, 2.24) is 9.97 Å². The van der Waals surface area contributed by atoms with Gasteiger partial charge >= 0.3 is 5.97 Å². The first-order valence-corrected chi connectivity index (χ1v) is 14.8. The van der Waals surface area contributed by atoms with Gasteiger partial charge in [0, 0.05) is 0 Å². The lowest BCUT2D eigenvalue weighted by Crippen LogP contribution is -2.31. The van der Waals surface area contributed by atoms with Gasteiger partial charge in [0.15, 0.2) is 22.4 Å². The SMILES string of the molecule is CCOc1cc(C2C(C(=O)c3sc(C)nc3C)=C(O)C(=O)N2c2nc(C)c(C(=O)OC)s2)ccc1OCCC(C)C. The monoisotopic (exact) mass is 599 g/mol. The highest BCUT2D eigenvalue weighted by Gasteiger charge is 2.47. The number of carbonyl (C=O) groups is 3. The first-order chi connectivity index (χ1) is 19.5. The predicted octanol–water partition coefficient (Wildman–Crippen LogP) is 5.92. The number of carbonyl (C=O) groups excluding carboxylic acids is 3. The number of nitrogens with zero attached hydrogens (tertiary/aromatic N) is 3. The van der Waals surface area contributed by atoms with Crippen LogP contribution in [0.2, 0.25) is 0 Å². The van der Waals surface area contributed by atoms with Crippen LogP contribution in [0.5, 0.6) is 11.5 Å². The van der Waals surface area contributed by atoms with E-state index in [-0.39, 0.29) is 15.6 Å². The summed E-state index contributed by atoms with van der Waals surface area (Å²) in [6.07, 6.45) is 0.854. The summed E-state index contributed by atoms with van der Waals surface area (Å²) in [5, 5.41) is 12.0. The van der Waals surface area contributed by atoms with Gasteiger partial charge in [-0.25, -0.2) is 14.8 Å². The smallest absolute Gasteiger partial charge is 0.350 e. The Kier molecular flexibility index (Phi) is 9.13. The van der Waals surface area contributed by atoms with E-state index in [0.717, 1.165) is 17.8 Å². The van der Waals surface area contributed by atoms with E-state index in [1.54, 1.807) is 39.0 Å². The number of aryl methyl sites for hydroxylation is 3. The molecule has 1 atom stereocenters. The average molecular weight is 600 g/mol. The number of hydrogen-bond acceptors (Lipinski definition) is 11. The molecule has 1 N–H and O–H groups in total. The van der Waals surface area contributed by atoms with Gasteiger partial charge in [-0.3, -0.25) is 14.5 Å². The van der Waals surface area contributed by atoms with Crippen molar-refractivity contribution in [1.29, 1.82) is 0 Å². The highest BCUT2D eigenvalue weighted by molar-refractivity contribution is 7.17. The van der Waals surface area contributed by atoms with Gasteiger partial charge < -0.3 is 19.3 Å². The van der Waals surface area contributed by atoms with E-state index in [9.17, 15) is 19.5 Å². The fourth-order valence-electron chi connectivity index (χ4n) is 4.47. The number of thiazole rings is 2. The Balaban J connectivity index is 1.86. The van der Waals surface area contributed by atoms with E-state index in [1.807, 2.05) is 6.92 Å². The third-order valence-corrected chi connectivity index (χ3v) is 8.67. The topological polar surface area (TPSA) is 128 Å². The van der Waals surface area contributed by atoms with Crippen LogP contribution in [0.15, 0.2) is 29.5 Å². The van der Waals surface area contributed by atoms with Crippen LogP contribution in [0.1, 0.15) is 74.5 Å². The molecule has 1 aliphatic heterocycles. The second kappa shape index (κ2) is 12.4. The lowest BCUT2D eigenvalue weighted by molar-refractivity contribution is -0.117. The van der Waals surface area contributed by atoms with Crippen molar-refractivity contribution in [3.63, 3.8) is 0 Å². The largest absolute Gasteiger partial charge is 0.503 e. The molecule has 0 spiro atoms. The normalized spacial score (nSPS) is 15.2. The Morgan fingerprint density at radius 1 is 1.05 bits per heavy atom. The number of esters is 1. The summed E-state index contributed by atoms with van der Waals surface area (Å²) in [4.78, 5) is 50.5. The van der Waals surface area contributed by atoms with E-state index >= 15 is 0 Å². The number of methoxy groups -OCH3 is 1. The molecular formula is C29H33N3O7S2. The van der Waals surface area contributed by atoms with Gasteiger partial charge in [0.1, 0.15) is 4.88 Å². The van der Waals surface area contributed by atoms with Crippen LogP contribution >= 0.6 is 22.7 Å². The number of ether oxygens (including phenoxy) is 3. The number of Topliss-reactive ketones (excluding diaryl/α,β-unsaturated/α-hetero) is 1. The van der Waals surface area contributed by atoms with Crippen LogP contribution in [0, 0.1) is 26.7 Å². The number of ketones is 1. The molecule has 0 bridgehead atoms. The number of benzene rings is 1. The molecule has 0 radical (unpaired) electrons. The van der Waals surface area contributed by atoms with Crippen molar-refractivity contribution >= 4 is 45.5 Å². The van der Waals surface area contributed by atoms with Crippen LogP contribution in [-0.4, -0.2) is 53.1 Å². The van der Waals surface area contributed by atoms with Gasteiger partial charge in [-0.15, -0.1) is 11.3 Å². The zero-order chi connectivity index (χ0) is 30.0. The van der Waals surface area contributed by atoms with Crippen molar-refractivity contribution in [2.24, 2.45) is 5.92 Å². The Bertz CT molecular complexity index is 1520. The number of aliphatic hydroxyl groups is 1. The van der Waals surface area contributed by atoms with Crippen LogP contribution in [0.3, 0.4) is 0 Å². The summed E-state index contributed by atoms with van der Waals surface area (Å²) >= 11 is 2.14. The van der Waals surface area contributed by atoms with Gasteiger partial charge in [0.05, 0.1) is 53.2 Å². The molecule has 2 aromatic heterocycles. The minimum atomic E-state index is -1.06. The number of aromatic nitrogens is 2. The molecule has 1 aliphatic rings. The summed E-state index contributed by atoms with van der Waals surface area (Å²) < 4.78 is 16.7. The first-order valence-electron chi connectivity index (χ1n) is 13.2. The van der Waals surface area contributed by atoms with Crippen molar-refractivity contribution in [3.05, 3.63) is 61.2 Å². The number of amides is 1. The Labute approximate surface area is 246 Å². The molecule has 0 saturated heterocycles. The maximum atomic E-state index is 13.9. The lowest BCUT2D eigenvalue weighted by Gasteiger charge is -2.25. The zero-order valence-electron chi connectivity index (χ0n) is 24.1. The molecule has 10 nitrogen and oxygen atoms in total. The maximum Gasteiger partial charge on any atom is 0.350 e. The molecule has 12 heteroatoms. The first kappa shape index (κ1) is 30.2. The van der Waals surface area contributed by atoms with Crippen molar-refractivity contribution < 1.29 is 33.7 Å². The predicted molar refractivity (Wildman–Crippen MR) is 157 cm³/mol. The third-order valence-electron chi connectivity index (χ3n) is 6.46. The molecule has 1 amide bonds. The summed E-state index contributed by atoms with van der Waals surface area (Å²) in [5.74, 6) is -1.18. The van der Waals surface area contributed by atoms with Gasteiger partial charge in [-0.05, 0) is 57.7 Å². The molecule has 3 heterocycles. The summed E-state index contributed by atoms with van der Waals surface area (Å²) in [6.45, 7) is 12.0. The molecular weight excluding hydrogens is 566 g/mol. The molecule has 0 saturated carbocycles. The average Bonchev–Trinajstić information content (AvgIpc) is 3.56. The molecule has 1 unspecified atom stereocenters. The van der Waals surface area contributed by atoms with Gasteiger partial charge in [0.25, 0.3) is 5.91 Å². The number of rotatable bonds is 11. The highest BCUT2D eigenvalue weighted by Crippen LogP contribution is 2.46. The van der Waals surface area contributed by atoms with E-state index in [0.29, 0.717) is 57.5 Å². The molecule has 218 valence electrons. The maximum absolute atomic E-state index is 13.9. The molecule has 0 aliphatic carbocycles. The summed E-state index contributed by atoms with van der Waals surface area (Å²) in [7, 11) is 1.26. The number of anilines is 1. The molecule has 3 aromatic rings. The fraction of sp³-hybridized carbons (Fsp3) is 0.414. The van der Waals surface area contributed by atoms with Gasteiger partial charge in [-0.1, -0.05) is 31.3 Å². The van der Waals surface area contributed by atoms with Crippen LogP contribution in [0.4, 0.5) is 5.13 Å². The van der Waals surface area contributed by atoms with Gasteiger partial charge in [-0.2, -0.15) is 0 Å². The second-order valence-corrected chi connectivity index (χ2v) is 12.1. The third kappa shape index (κ3) is 5.98. The summed E-state index contributed by atoms with van der Waals surface area (Å²) in [6, 6.07) is 4.11. The minimum Gasteiger partial charge on any atom is -0.503 e. The fourth-order valence-corrected chi connectivity index (χ4v) is 6.35. The van der Waals surface area contributed by atoms with E-state index in [4.69, 9.17) is 14.2 Å².